The van der Waals surface area contributed by atoms with Crippen molar-refractivity contribution in [2.75, 3.05) is 0 Å². The Morgan fingerprint density at radius 1 is 0.875 bits per heavy atom. The normalized spacial score (nSPS) is 11.3. The molecule has 4 nitrogen and oxygen atoms in total. The number of aliphatic imine (C=N–C) groups is 1. The van der Waals surface area contributed by atoms with Gasteiger partial charge in [0.05, 0.1) is 11.8 Å². The van der Waals surface area contributed by atoms with Crippen LogP contribution in [-0.4, -0.2) is 15.9 Å². The molecule has 0 aliphatic heterocycles. The number of halogens is 1. The van der Waals surface area contributed by atoms with Gasteiger partial charge in [0.2, 0.25) is 0 Å². The highest BCUT2D eigenvalue weighted by Crippen LogP contribution is 2.19. The smallest absolute Gasteiger partial charge is 0.180 e. The second-order valence-electron chi connectivity index (χ2n) is 5.02. The lowest BCUT2D eigenvalue weighted by Gasteiger charge is -2.10. The third-order valence-electron chi connectivity index (χ3n) is 3.41. The van der Waals surface area contributed by atoms with Crippen LogP contribution in [0.5, 0.6) is 0 Å². The summed E-state index contributed by atoms with van der Waals surface area (Å²) in [5, 5.41) is 17.6. The molecule has 1 unspecified atom stereocenters. The molecule has 1 atom stereocenters. The summed E-state index contributed by atoms with van der Waals surface area (Å²) in [6.45, 7) is 0. The molecule has 0 bridgehead atoms. The number of hydrogen-bond donors (Lipinski definition) is 0. The topological polar surface area (TPSA) is 61.9 Å². The molecular weight excluding hydrogens is 320 g/mol. The van der Waals surface area contributed by atoms with Gasteiger partial charge in [-0.2, -0.15) is 10.4 Å². The van der Waals surface area contributed by atoms with Crippen molar-refractivity contribution in [1.29, 1.82) is 5.26 Å². The number of hydrogen-bond acceptors (Lipinski definition) is 4. The summed E-state index contributed by atoms with van der Waals surface area (Å²) in [5.41, 5.74) is 3.07. The summed E-state index contributed by atoms with van der Waals surface area (Å²) in [5.74, 6) is 0. The van der Waals surface area contributed by atoms with Crippen LogP contribution in [0.3, 0.4) is 0 Å². The van der Waals surface area contributed by atoms with Gasteiger partial charge in [-0.25, -0.2) is 0 Å². The van der Waals surface area contributed by atoms with E-state index in [0.717, 1.165) is 16.8 Å². The summed E-state index contributed by atoms with van der Waals surface area (Å²) >= 11 is 5.76. The molecule has 0 spiro atoms. The van der Waals surface area contributed by atoms with Gasteiger partial charge in [-0.15, -0.1) is 5.10 Å². The molecule has 0 saturated heterocycles. The minimum absolute atomic E-state index is 0.283. The van der Waals surface area contributed by atoms with E-state index in [-0.39, 0.29) is 5.15 Å². The first kappa shape index (κ1) is 15.9. The van der Waals surface area contributed by atoms with Crippen LogP contribution < -0.4 is 0 Å². The Balaban J connectivity index is 2.09. The minimum Gasteiger partial charge on any atom is -0.259 e. The molecule has 0 amide bonds. The van der Waals surface area contributed by atoms with Gasteiger partial charge in [-0.05, 0) is 12.1 Å². The van der Waals surface area contributed by atoms with Gasteiger partial charge in [0, 0.05) is 11.1 Å². The molecule has 0 radical (unpaired) electrons. The van der Waals surface area contributed by atoms with E-state index in [2.05, 4.69) is 21.3 Å². The lowest BCUT2D eigenvalue weighted by atomic mass is 10.0. The maximum absolute atomic E-state index is 9.53. The van der Waals surface area contributed by atoms with E-state index < -0.39 is 6.04 Å². The molecule has 0 fully saturated rings. The van der Waals surface area contributed by atoms with Crippen molar-refractivity contribution in [1.82, 2.24) is 10.2 Å². The quantitative estimate of drug-likeness (QED) is 0.671. The summed E-state index contributed by atoms with van der Waals surface area (Å²) in [7, 11) is 0. The zero-order valence-corrected chi connectivity index (χ0v) is 13.4. The highest BCUT2D eigenvalue weighted by Gasteiger charge is 2.15. The third kappa shape index (κ3) is 3.65. The molecule has 0 saturated carbocycles. The Kier molecular flexibility index (Phi) is 4.95. The molecule has 116 valence electrons. The second-order valence-corrected chi connectivity index (χ2v) is 5.41. The SMILES string of the molecule is N#CC(N=C(c1ccccc1)c1ccccc1)c1ccc(Cl)nn1. The Morgan fingerprint density at radius 2 is 1.46 bits per heavy atom. The Morgan fingerprint density at radius 3 is 1.92 bits per heavy atom. The number of nitriles is 1. The molecule has 0 aliphatic carbocycles. The molecule has 3 aromatic rings. The van der Waals surface area contributed by atoms with Crippen molar-refractivity contribution in [2.45, 2.75) is 6.04 Å². The standard InChI is InChI=1S/C19H13ClN4/c20-18-12-11-16(23-24-18)17(13-21)22-19(14-7-3-1-4-8-14)15-9-5-2-6-10-15/h1-12,17H. The zero-order valence-electron chi connectivity index (χ0n) is 12.7. The van der Waals surface area contributed by atoms with Gasteiger partial charge in [0.15, 0.2) is 11.2 Å². The Bertz CT molecular complexity index is 827. The van der Waals surface area contributed by atoms with Crippen LogP contribution in [0.25, 0.3) is 0 Å². The third-order valence-corrected chi connectivity index (χ3v) is 3.61. The predicted molar refractivity (Wildman–Crippen MR) is 93.9 cm³/mol. The molecule has 5 heteroatoms. The van der Waals surface area contributed by atoms with E-state index in [9.17, 15) is 5.26 Å². The van der Waals surface area contributed by atoms with E-state index in [1.165, 1.54) is 0 Å². The maximum Gasteiger partial charge on any atom is 0.180 e. The van der Waals surface area contributed by atoms with E-state index in [0.29, 0.717) is 5.69 Å². The highest BCUT2D eigenvalue weighted by molar-refractivity contribution is 6.29. The van der Waals surface area contributed by atoms with Crippen molar-refractivity contribution >= 4 is 17.3 Å². The number of nitrogens with zero attached hydrogens (tertiary/aromatic N) is 4. The first-order chi connectivity index (χ1) is 11.8. The second kappa shape index (κ2) is 7.49. The number of rotatable bonds is 4. The highest BCUT2D eigenvalue weighted by atomic mass is 35.5. The lowest BCUT2D eigenvalue weighted by Crippen LogP contribution is -2.07. The van der Waals surface area contributed by atoms with Crippen LogP contribution in [0.1, 0.15) is 22.9 Å². The van der Waals surface area contributed by atoms with Gasteiger partial charge in [0.25, 0.3) is 0 Å². The molecule has 0 aliphatic rings. The van der Waals surface area contributed by atoms with Gasteiger partial charge in [0.1, 0.15) is 5.69 Å². The van der Waals surface area contributed by atoms with Gasteiger partial charge < -0.3 is 0 Å². The lowest BCUT2D eigenvalue weighted by molar-refractivity contribution is 0.828. The van der Waals surface area contributed by atoms with Crippen molar-refractivity contribution in [3.05, 3.63) is 94.8 Å². The van der Waals surface area contributed by atoms with Gasteiger partial charge in [-0.3, -0.25) is 4.99 Å². The maximum atomic E-state index is 9.53. The summed E-state index contributed by atoms with van der Waals surface area (Å²) in [6, 6.07) is 24.2. The van der Waals surface area contributed by atoms with Crippen molar-refractivity contribution in [3.8, 4) is 6.07 Å². The van der Waals surface area contributed by atoms with Crippen LogP contribution in [0.4, 0.5) is 0 Å². The average molecular weight is 333 g/mol. The van der Waals surface area contributed by atoms with Gasteiger partial charge >= 0.3 is 0 Å². The van der Waals surface area contributed by atoms with Crippen molar-refractivity contribution < 1.29 is 0 Å². The minimum atomic E-state index is -0.759. The molecule has 1 aromatic heterocycles. The zero-order chi connectivity index (χ0) is 16.8. The fourth-order valence-electron chi connectivity index (χ4n) is 2.27. The summed E-state index contributed by atoms with van der Waals surface area (Å²) < 4.78 is 0. The van der Waals surface area contributed by atoms with Crippen LogP contribution >= 0.6 is 11.6 Å². The Labute approximate surface area is 145 Å². The summed E-state index contributed by atoms with van der Waals surface area (Å²) in [6.07, 6.45) is 0. The molecule has 24 heavy (non-hydrogen) atoms. The monoisotopic (exact) mass is 332 g/mol. The molecule has 2 aromatic carbocycles. The van der Waals surface area contributed by atoms with E-state index >= 15 is 0 Å². The molecule has 0 N–H and O–H groups in total. The first-order valence-electron chi connectivity index (χ1n) is 7.35. The first-order valence-corrected chi connectivity index (χ1v) is 7.73. The van der Waals surface area contributed by atoms with Crippen LogP contribution in [0.2, 0.25) is 5.15 Å². The van der Waals surface area contributed by atoms with Crippen LogP contribution in [0, 0.1) is 11.3 Å². The fraction of sp³-hybridized carbons (Fsp3) is 0.0526. The van der Waals surface area contributed by atoms with E-state index in [1.807, 2.05) is 60.7 Å². The van der Waals surface area contributed by atoms with Gasteiger partial charge in [-0.1, -0.05) is 72.3 Å². The average Bonchev–Trinajstić information content (AvgIpc) is 2.65. The van der Waals surface area contributed by atoms with E-state index in [1.54, 1.807) is 12.1 Å². The molecular formula is C19H13ClN4. The Hall–Kier alpha value is -3.03. The fourth-order valence-corrected chi connectivity index (χ4v) is 2.37. The van der Waals surface area contributed by atoms with Crippen molar-refractivity contribution in [3.63, 3.8) is 0 Å². The van der Waals surface area contributed by atoms with E-state index in [4.69, 9.17) is 11.6 Å². The molecule has 1 heterocycles. The largest absolute Gasteiger partial charge is 0.259 e. The number of aromatic nitrogens is 2. The van der Waals surface area contributed by atoms with Crippen LogP contribution in [0.15, 0.2) is 77.8 Å². The molecule has 3 rings (SSSR count). The summed E-state index contributed by atoms with van der Waals surface area (Å²) in [4.78, 5) is 4.64. The van der Waals surface area contributed by atoms with Crippen molar-refractivity contribution in [2.24, 2.45) is 4.99 Å². The van der Waals surface area contributed by atoms with Crippen LogP contribution in [-0.2, 0) is 0 Å². The number of benzene rings is 2. The predicted octanol–water partition coefficient (Wildman–Crippen LogP) is 4.23.